The molecule has 7 atom stereocenters. The number of carbonyl (C=O) groups is 5. The van der Waals surface area contributed by atoms with E-state index >= 15 is 0 Å². The highest BCUT2D eigenvalue weighted by molar-refractivity contribution is 7.90. The molecule has 5 amide bonds. The smallest absolute Gasteiger partial charge is 0.316 e. The third-order valence-corrected chi connectivity index (χ3v) is 12.1. The summed E-state index contributed by atoms with van der Waals surface area (Å²) >= 11 is 0. The summed E-state index contributed by atoms with van der Waals surface area (Å²) in [4.78, 5) is 69.6. The third-order valence-electron chi connectivity index (χ3n) is 10.7. The zero-order valence-electron chi connectivity index (χ0n) is 28.8. The van der Waals surface area contributed by atoms with Crippen molar-refractivity contribution in [3.05, 3.63) is 43.0 Å². The second kappa shape index (κ2) is 12.3. The quantitative estimate of drug-likeness (QED) is 0.246. The predicted molar refractivity (Wildman–Crippen MR) is 178 cm³/mol. The lowest BCUT2D eigenvalue weighted by Gasteiger charge is -2.38. The number of nitrogens with one attached hydrogen (secondary N) is 4. The number of Topliss-reactive ketones (excluding diaryl/α,β-unsaturated/α-hetero) is 1. The minimum atomic E-state index is -4.21. The predicted octanol–water partition coefficient (Wildman–Crippen LogP) is 2.75. The number of ketones is 1. The topological polar surface area (TPSA) is 171 Å². The third kappa shape index (κ3) is 6.62. The van der Waals surface area contributed by atoms with E-state index in [-0.39, 0.29) is 52.7 Å². The Hall–Kier alpha value is -3.74. The van der Waals surface area contributed by atoms with E-state index in [2.05, 4.69) is 27.3 Å². The molecule has 1 aromatic rings. The molecule has 5 rings (SSSR count). The van der Waals surface area contributed by atoms with E-state index in [4.69, 9.17) is 0 Å². The second-order valence-corrected chi connectivity index (χ2v) is 17.6. The minimum absolute atomic E-state index is 0.00942. The Morgan fingerprint density at radius 3 is 2.17 bits per heavy atom. The fraction of sp³-hybridized carbons (Fsp3) is 0.629. The van der Waals surface area contributed by atoms with Crippen LogP contribution in [0.2, 0.25) is 0 Å². The van der Waals surface area contributed by atoms with Crippen LogP contribution >= 0.6 is 0 Å². The van der Waals surface area contributed by atoms with Crippen LogP contribution < -0.4 is 20.7 Å². The van der Waals surface area contributed by atoms with Crippen molar-refractivity contribution in [1.29, 1.82) is 0 Å². The van der Waals surface area contributed by atoms with Gasteiger partial charge in [0.05, 0.1) is 10.9 Å². The van der Waals surface area contributed by atoms with Crippen molar-refractivity contribution < 1.29 is 32.4 Å². The van der Waals surface area contributed by atoms with E-state index in [0.717, 1.165) is 12.8 Å². The molecule has 1 aliphatic heterocycles. The number of benzene rings is 1. The molecule has 12 nitrogen and oxygen atoms in total. The van der Waals surface area contributed by atoms with E-state index in [1.807, 2.05) is 48.5 Å². The molecule has 1 aromatic carbocycles. The average molecular weight is 684 g/mol. The molecular weight excluding hydrogens is 634 g/mol. The summed E-state index contributed by atoms with van der Waals surface area (Å²) in [5.41, 5.74) is -2.56. The highest BCUT2D eigenvalue weighted by Crippen LogP contribution is 2.65. The summed E-state index contributed by atoms with van der Waals surface area (Å²) in [5.74, 6) is -2.78. The molecule has 4 fully saturated rings. The lowest BCUT2D eigenvalue weighted by molar-refractivity contribution is -0.144. The van der Waals surface area contributed by atoms with E-state index in [1.54, 1.807) is 18.2 Å². The number of likely N-dealkylation sites (tertiary alicyclic amines) is 1. The van der Waals surface area contributed by atoms with Crippen molar-refractivity contribution >= 4 is 39.6 Å². The van der Waals surface area contributed by atoms with Gasteiger partial charge in [-0.2, -0.15) is 0 Å². The first-order valence-corrected chi connectivity index (χ1v) is 18.2. The van der Waals surface area contributed by atoms with Crippen molar-refractivity contribution in [3.63, 3.8) is 0 Å². The van der Waals surface area contributed by atoms with Crippen LogP contribution in [0.1, 0.15) is 67.7 Å². The Morgan fingerprint density at radius 2 is 1.65 bits per heavy atom. The fourth-order valence-corrected chi connectivity index (χ4v) is 8.39. The van der Waals surface area contributed by atoms with Gasteiger partial charge in [0.15, 0.2) is 5.78 Å². The van der Waals surface area contributed by atoms with Crippen LogP contribution in [0, 0.1) is 40.4 Å². The molecule has 3 aliphatic carbocycles. The highest BCUT2D eigenvalue weighted by atomic mass is 32.2. The Labute approximate surface area is 283 Å². The first-order chi connectivity index (χ1) is 22.3. The number of rotatable bonds is 12. The standard InChI is InChI=1S/C35H49N5O7S/c1-9-21-17-35(21,31(44)39-48(46,47)22-13-11-10-12-14-22)38-29(42)26-24-23(34(24,7)8)18-40(26)30(43)28(33(4,5)6)37-32(45)36-25(19(2)3)27(41)20-15-16-20/h9-14,19-21,23-26,28H,1,15-18H2,2-8H3,(H,38,42)(H,39,44)(H2,36,37,45)/t21?,23-,24-,25-,26-,28+,35+/m0/s1. The maximum absolute atomic E-state index is 14.3. The number of urea groups is 1. The zero-order valence-corrected chi connectivity index (χ0v) is 29.6. The maximum Gasteiger partial charge on any atom is 0.316 e. The molecule has 0 aromatic heterocycles. The Balaban J connectivity index is 1.35. The lowest BCUT2D eigenvalue weighted by atomic mass is 9.85. The van der Waals surface area contributed by atoms with Gasteiger partial charge in [-0.1, -0.05) is 72.7 Å². The Kier molecular flexibility index (Phi) is 9.11. The first-order valence-electron chi connectivity index (χ1n) is 16.7. The van der Waals surface area contributed by atoms with Gasteiger partial charge in [0.2, 0.25) is 11.8 Å². The van der Waals surface area contributed by atoms with Crippen molar-refractivity contribution in [2.24, 2.45) is 40.4 Å². The van der Waals surface area contributed by atoms with Crippen molar-refractivity contribution in [2.75, 3.05) is 6.54 Å². The van der Waals surface area contributed by atoms with Gasteiger partial charge in [-0.05, 0) is 60.0 Å². The van der Waals surface area contributed by atoms with Crippen LogP contribution in [-0.2, 0) is 29.2 Å². The summed E-state index contributed by atoms with van der Waals surface area (Å²) in [6.45, 7) is 17.3. The minimum Gasteiger partial charge on any atom is -0.339 e. The molecule has 1 saturated heterocycles. The number of hydrogen-bond donors (Lipinski definition) is 4. The number of hydrogen-bond acceptors (Lipinski definition) is 7. The van der Waals surface area contributed by atoms with Crippen molar-refractivity contribution in [3.8, 4) is 0 Å². The van der Waals surface area contributed by atoms with Crippen molar-refractivity contribution in [1.82, 2.24) is 25.6 Å². The molecule has 0 radical (unpaired) electrons. The number of piperidine rings is 1. The lowest BCUT2D eigenvalue weighted by Crippen LogP contribution is -2.63. The molecule has 48 heavy (non-hydrogen) atoms. The number of amides is 5. The number of carbonyl (C=O) groups excluding carboxylic acids is 5. The molecule has 3 saturated carbocycles. The van der Waals surface area contributed by atoms with Crippen LogP contribution in [0.15, 0.2) is 47.9 Å². The monoisotopic (exact) mass is 683 g/mol. The molecule has 4 N–H and O–H groups in total. The SMILES string of the molecule is C=CC1C[C@]1(NC(=O)[C@@H]1[C@@H]2[C@H](CN1C(=O)[C@@H](NC(=O)N[C@H](C(=O)C1CC1)C(C)C)C(C)(C)C)C2(C)C)C(=O)NS(=O)(=O)c1ccccc1. The summed E-state index contributed by atoms with van der Waals surface area (Å²) in [7, 11) is -4.21. The van der Waals surface area contributed by atoms with Crippen molar-refractivity contribution in [2.45, 2.75) is 96.3 Å². The molecule has 262 valence electrons. The van der Waals surface area contributed by atoms with Gasteiger partial charge in [-0.15, -0.1) is 6.58 Å². The normalized spacial score (nSPS) is 28.4. The molecule has 1 unspecified atom stereocenters. The molecule has 13 heteroatoms. The van der Waals surface area contributed by atoms with Gasteiger partial charge in [-0.25, -0.2) is 17.9 Å². The molecular formula is C35H49N5O7S. The summed E-state index contributed by atoms with van der Waals surface area (Å²) in [5, 5.41) is 8.43. The van der Waals surface area contributed by atoms with Crippen LogP contribution in [0.3, 0.4) is 0 Å². The van der Waals surface area contributed by atoms with Gasteiger partial charge < -0.3 is 20.9 Å². The number of nitrogens with zero attached hydrogens (tertiary/aromatic N) is 1. The van der Waals surface area contributed by atoms with Crippen LogP contribution in [0.5, 0.6) is 0 Å². The van der Waals surface area contributed by atoms with Gasteiger partial charge in [0.25, 0.3) is 15.9 Å². The van der Waals surface area contributed by atoms with Gasteiger partial charge in [0, 0.05) is 18.4 Å². The first kappa shape index (κ1) is 35.6. The largest absolute Gasteiger partial charge is 0.339 e. The molecule has 0 bridgehead atoms. The second-order valence-electron chi connectivity index (χ2n) is 16.0. The van der Waals surface area contributed by atoms with Crippen LogP contribution in [0.4, 0.5) is 4.79 Å². The van der Waals surface area contributed by atoms with Gasteiger partial charge in [0.1, 0.15) is 17.6 Å². The van der Waals surface area contributed by atoms with E-state index < -0.39 is 68.8 Å². The summed E-state index contributed by atoms with van der Waals surface area (Å²) < 4.78 is 28.1. The van der Waals surface area contributed by atoms with E-state index in [0.29, 0.717) is 0 Å². The zero-order chi connectivity index (χ0) is 35.6. The summed E-state index contributed by atoms with van der Waals surface area (Å²) in [6.07, 6.45) is 3.28. The molecule has 4 aliphatic rings. The Morgan fingerprint density at radius 1 is 1.02 bits per heavy atom. The molecule has 1 heterocycles. The van der Waals surface area contributed by atoms with Gasteiger partial charge in [-0.3, -0.25) is 19.2 Å². The number of fused-ring (bicyclic) bond motifs is 1. The molecule has 0 spiro atoms. The highest BCUT2D eigenvalue weighted by Gasteiger charge is 2.71. The Bertz CT molecular complexity index is 1610. The van der Waals surface area contributed by atoms with Crippen LogP contribution in [-0.4, -0.2) is 73.1 Å². The number of sulfonamides is 1. The van der Waals surface area contributed by atoms with Gasteiger partial charge >= 0.3 is 6.03 Å². The maximum atomic E-state index is 14.3. The average Bonchev–Trinajstić information content (AvgIpc) is 3.96. The van der Waals surface area contributed by atoms with E-state index in [1.165, 1.54) is 23.1 Å². The summed E-state index contributed by atoms with van der Waals surface area (Å²) in [6, 6.07) is 4.16. The fourth-order valence-electron chi connectivity index (χ4n) is 7.33. The van der Waals surface area contributed by atoms with Crippen LogP contribution in [0.25, 0.3) is 0 Å². The van der Waals surface area contributed by atoms with E-state index in [9.17, 15) is 32.4 Å².